The van der Waals surface area contributed by atoms with Gasteiger partial charge in [-0.25, -0.2) is 0 Å². The summed E-state index contributed by atoms with van der Waals surface area (Å²) in [6.45, 7) is 11.1. The van der Waals surface area contributed by atoms with Gasteiger partial charge in [-0.3, -0.25) is 0 Å². The molecule has 0 amide bonds. The third-order valence-corrected chi connectivity index (χ3v) is 1.26. The maximum Gasteiger partial charge on any atom is 0.0352 e. The SMILES string of the molecule is C=CC=C(C=C)C(C)(C)N. The minimum absolute atomic E-state index is 0.310. The Morgan fingerprint density at radius 1 is 1.40 bits per heavy atom. The molecule has 1 nitrogen and oxygen atoms in total. The first-order chi connectivity index (χ1) is 4.52. The summed E-state index contributed by atoms with van der Waals surface area (Å²) in [4.78, 5) is 0. The van der Waals surface area contributed by atoms with Crippen LogP contribution >= 0.6 is 0 Å². The zero-order valence-electron chi connectivity index (χ0n) is 6.72. The van der Waals surface area contributed by atoms with E-state index in [2.05, 4.69) is 13.2 Å². The van der Waals surface area contributed by atoms with Crippen LogP contribution in [0, 0.1) is 0 Å². The van der Waals surface area contributed by atoms with E-state index < -0.39 is 0 Å². The summed E-state index contributed by atoms with van der Waals surface area (Å²) < 4.78 is 0. The van der Waals surface area contributed by atoms with Crippen molar-refractivity contribution in [2.45, 2.75) is 19.4 Å². The lowest BCUT2D eigenvalue weighted by Crippen LogP contribution is -2.33. The lowest BCUT2D eigenvalue weighted by molar-refractivity contribution is 0.626. The summed E-state index contributed by atoms with van der Waals surface area (Å²) in [7, 11) is 0. The Morgan fingerprint density at radius 2 is 1.90 bits per heavy atom. The first-order valence-corrected chi connectivity index (χ1v) is 3.27. The van der Waals surface area contributed by atoms with E-state index in [9.17, 15) is 0 Å². The predicted molar refractivity (Wildman–Crippen MR) is 46.7 cm³/mol. The molecule has 0 aromatic rings. The molecule has 0 saturated carbocycles. The highest BCUT2D eigenvalue weighted by molar-refractivity contribution is 5.30. The van der Waals surface area contributed by atoms with Crippen LogP contribution in [0.2, 0.25) is 0 Å². The third-order valence-electron chi connectivity index (χ3n) is 1.26. The minimum atomic E-state index is -0.310. The Labute approximate surface area is 62.9 Å². The number of rotatable bonds is 3. The van der Waals surface area contributed by atoms with E-state index in [1.807, 2.05) is 19.9 Å². The number of allylic oxidation sites excluding steroid dienone is 2. The van der Waals surface area contributed by atoms with Crippen LogP contribution < -0.4 is 5.73 Å². The lowest BCUT2D eigenvalue weighted by atomic mass is 9.95. The van der Waals surface area contributed by atoms with Gasteiger partial charge in [-0.05, 0) is 19.4 Å². The van der Waals surface area contributed by atoms with E-state index in [0.29, 0.717) is 0 Å². The molecule has 0 aliphatic rings. The second kappa shape index (κ2) is 3.37. The second-order valence-electron chi connectivity index (χ2n) is 2.78. The van der Waals surface area contributed by atoms with Gasteiger partial charge in [-0.1, -0.05) is 31.4 Å². The molecule has 0 bridgehead atoms. The molecule has 56 valence electrons. The highest BCUT2D eigenvalue weighted by atomic mass is 14.7. The summed E-state index contributed by atoms with van der Waals surface area (Å²) in [5.74, 6) is 0. The van der Waals surface area contributed by atoms with E-state index in [1.165, 1.54) is 0 Å². The van der Waals surface area contributed by atoms with Gasteiger partial charge in [0.1, 0.15) is 0 Å². The zero-order valence-corrected chi connectivity index (χ0v) is 6.72. The molecule has 0 saturated heterocycles. The van der Waals surface area contributed by atoms with Gasteiger partial charge in [0, 0.05) is 5.54 Å². The predicted octanol–water partition coefficient (Wildman–Crippen LogP) is 2.02. The quantitative estimate of drug-likeness (QED) is 0.592. The van der Waals surface area contributed by atoms with Crippen LogP contribution in [0.5, 0.6) is 0 Å². The molecular weight excluding hydrogens is 122 g/mol. The Morgan fingerprint density at radius 3 is 2.00 bits per heavy atom. The maximum absolute atomic E-state index is 5.79. The van der Waals surface area contributed by atoms with Gasteiger partial charge < -0.3 is 5.73 Å². The summed E-state index contributed by atoms with van der Waals surface area (Å²) in [6, 6.07) is 0. The average Bonchev–Trinajstić information content (AvgIpc) is 1.80. The van der Waals surface area contributed by atoms with Crippen molar-refractivity contribution in [1.29, 1.82) is 0 Å². The molecule has 1 heteroatoms. The van der Waals surface area contributed by atoms with Gasteiger partial charge >= 0.3 is 0 Å². The summed E-state index contributed by atoms with van der Waals surface area (Å²) in [5.41, 5.74) is 6.48. The van der Waals surface area contributed by atoms with Crippen molar-refractivity contribution >= 4 is 0 Å². The van der Waals surface area contributed by atoms with Gasteiger partial charge in [0.25, 0.3) is 0 Å². The monoisotopic (exact) mass is 137 g/mol. The van der Waals surface area contributed by atoms with Crippen LogP contribution in [-0.2, 0) is 0 Å². The maximum atomic E-state index is 5.79. The fourth-order valence-corrected chi connectivity index (χ4v) is 0.673. The highest BCUT2D eigenvalue weighted by Crippen LogP contribution is 2.12. The molecule has 0 aliphatic carbocycles. The standard InChI is InChI=1S/C9H15N/c1-5-7-8(6-2)9(3,4)10/h5-7H,1-2,10H2,3-4H3. The van der Waals surface area contributed by atoms with Crippen molar-refractivity contribution in [3.8, 4) is 0 Å². The van der Waals surface area contributed by atoms with Crippen LogP contribution in [0.25, 0.3) is 0 Å². The third kappa shape index (κ3) is 2.65. The van der Waals surface area contributed by atoms with Crippen LogP contribution in [-0.4, -0.2) is 5.54 Å². The molecule has 0 spiro atoms. The van der Waals surface area contributed by atoms with Crippen molar-refractivity contribution < 1.29 is 0 Å². The summed E-state index contributed by atoms with van der Waals surface area (Å²) >= 11 is 0. The molecule has 0 rings (SSSR count). The fraction of sp³-hybridized carbons (Fsp3) is 0.333. The van der Waals surface area contributed by atoms with Gasteiger partial charge in [0.15, 0.2) is 0 Å². The molecule has 2 N–H and O–H groups in total. The largest absolute Gasteiger partial charge is 0.322 e. The number of hydrogen-bond acceptors (Lipinski definition) is 1. The molecule has 0 fully saturated rings. The van der Waals surface area contributed by atoms with Crippen molar-refractivity contribution in [1.82, 2.24) is 0 Å². The Kier molecular flexibility index (Phi) is 3.10. The molecule has 0 aliphatic heterocycles. The minimum Gasteiger partial charge on any atom is -0.322 e. The average molecular weight is 137 g/mol. The first-order valence-electron chi connectivity index (χ1n) is 3.27. The molecule has 0 atom stereocenters. The number of nitrogens with two attached hydrogens (primary N) is 1. The molecule has 10 heavy (non-hydrogen) atoms. The van der Waals surface area contributed by atoms with E-state index >= 15 is 0 Å². The second-order valence-corrected chi connectivity index (χ2v) is 2.78. The van der Waals surface area contributed by atoms with Gasteiger partial charge in [-0.15, -0.1) is 0 Å². The molecule has 0 radical (unpaired) electrons. The molecule has 0 aromatic carbocycles. The molecule has 0 heterocycles. The smallest absolute Gasteiger partial charge is 0.0352 e. The van der Waals surface area contributed by atoms with Crippen LogP contribution in [0.3, 0.4) is 0 Å². The van der Waals surface area contributed by atoms with Crippen LogP contribution in [0.15, 0.2) is 37.0 Å². The fourth-order valence-electron chi connectivity index (χ4n) is 0.673. The van der Waals surface area contributed by atoms with Crippen molar-refractivity contribution in [2.24, 2.45) is 5.73 Å². The lowest BCUT2D eigenvalue weighted by Gasteiger charge is -2.19. The Bertz CT molecular complexity index is 158. The van der Waals surface area contributed by atoms with E-state index in [0.717, 1.165) is 5.57 Å². The summed E-state index contributed by atoms with van der Waals surface area (Å²) in [6.07, 6.45) is 5.33. The van der Waals surface area contributed by atoms with E-state index in [1.54, 1.807) is 12.2 Å². The van der Waals surface area contributed by atoms with Gasteiger partial charge in [-0.2, -0.15) is 0 Å². The Balaban J connectivity index is 4.51. The van der Waals surface area contributed by atoms with Gasteiger partial charge in [0.05, 0.1) is 0 Å². The van der Waals surface area contributed by atoms with E-state index in [4.69, 9.17) is 5.73 Å². The number of hydrogen-bond donors (Lipinski definition) is 1. The highest BCUT2D eigenvalue weighted by Gasteiger charge is 2.12. The van der Waals surface area contributed by atoms with Crippen LogP contribution in [0.1, 0.15) is 13.8 Å². The van der Waals surface area contributed by atoms with Crippen molar-refractivity contribution in [3.63, 3.8) is 0 Å². The topological polar surface area (TPSA) is 26.0 Å². The van der Waals surface area contributed by atoms with Crippen LogP contribution in [0.4, 0.5) is 0 Å². The molecule has 0 unspecified atom stereocenters. The zero-order chi connectivity index (χ0) is 8.20. The molecular formula is C9H15N. The summed E-state index contributed by atoms with van der Waals surface area (Å²) in [5, 5.41) is 0. The first kappa shape index (κ1) is 9.18. The van der Waals surface area contributed by atoms with Gasteiger partial charge in [0.2, 0.25) is 0 Å². The van der Waals surface area contributed by atoms with Crippen molar-refractivity contribution in [3.05, 3.63) is 37.0 Å². The van der Waals surface area contributed by atoms with E-state index in [-0.39, 0.29) is 5.54 Å². The molecule has 0 aromatic heterocycles. The van der Waals surface area contributed by atoms with Crippen molar-refractivity contribution in [2.75, 3.05) is 0 Å². The Hall–Kier alpha value is -0.820. The normalized spacial score (nSPS) is 12.9.